The van der Waals surface area contributed by atoms with Crippen LogP contribution in [0.4, 0.5) is 5.69 Å². The van der Waals surface area contributed by atoms with Crippen LogP contribution < -0.4 is 10.5 Å². The van der Waals surface area contributed by atoms with Gasteiger partial charge in [-0.15, -0.1) is 0 Å². The highest BCUT2D eigenvalue weighted by Crippen LogP contribution is 2.23. The van der Waals surface area contributed by atoms with Crippen LogP contribution in [-0.4, -0.2) is 17.1 Å². The topological polar surface area (TPSA) is 61.0 Å². The van der Waals surface area contributed by atoms with Crippen LogP contribution >= 0.6 is 11.6 Å². The summed E-state index contributed by atoms with van der Waals surface area (Å²) in [6.45, 7) is 0. The lowest BCUT2D eigenvalue weighted by Crippen LogP contribution is -1.98. The molecule has 1 aromatic carbocycles. The molecule has 1 aromatic heterocycles. The zero-order valence-corrected chi connectivity index (χ0v) is 10.1. The van der Waals surface area contributed by atoms with E-state index in [0.717, 1.165) is 11.3 Å². The largest absolute Gasteiger partial charge is 0.497 e. The smallest absolute Gasteiger partial charge is 0.132 e. The van der Waals surface area contributed by atoms with E-state index in [1.807, 2.05) is 12.1 Å². The monoisotopic (exact) mass is 249 g/mol. The van der Waals surface area contributed by atoms with Gasteiger partial charge in [-0.05, 0) is 17.7 Å². The normalized spacial score (nSPS) is 10.2. The van der Waals surface area contributed by atoms with E-state index in [4.69, 9.17) is 22.1 Å². The Morgan fingerprint density at radius 1 is 1.29 bits per heavy atom. The Kier molecular flexibility index (Phi) is 3.44. The van der Waals surface area contributed by atoms with E-state index in [1.54, 1.807) is 25.6 Å². The van der Waals surface area contributed by atoms with Crippen molar-refractivity contribution in [3.63, 3.8) is 0 Å². The van der Waals surface area contributed by atoms with Crippen molar-refractivity contribution in [2.75, 3.05) is 12.8 Å². The van der Waals surface area contributed by atoms with Crippen molar-refractivity contribution >= 4 is 17.3 Å². The highest BCUT2D eigenvalue weighted by molar-refractivity contribution is 6.31. The molecule has 0 amide bonds. The van der Waals surface area contributed by atoms with Crippen LogP contribution in [0.15, 0.2) is 30.6 Å². The Labute approximate surface area is 104 Å². The van der Waals surface area contributed by atoms with Crippen molar-refractivity contribution in [3.8, 4) is 5.75 Å². The number of anilines is 1. The molecular weight excluding hydrogens is 238 g/mol. The number of hydrogen-bond acceptors (Lipinski definition) is 4. The van der Waals surface area contributed by atoms with Crippen molar-refractivity contribution in [3.05, 3.63) is 47.0 Å². The molecule has 2 rings (SSSR count). The van der Waals surface area contributed by atoms with Gasteiger partial charge < -0.3 is 10.5 Å². The number of rotatable bonds is 3. The predicted molar refractivity (Wildman–Crippen MR) is 67.3 cm³/mol. The van der Waals surface area contributed by atoms with E-state index in [1.165, 1.54) is 0 Å². The number of aromatic nitrogens is 2. The highest BCUT2D eigenvalue weighted by Gasteiger charge is 2.05. The Morgan fingerprint density at radius 2 is 2.00 bits per heavy atom. The molecule has 5 heteroatoms. The zero-order chi connectivity index (χ0) is 12.3. The number of halogens is 1. The van der Waals surface area contributed by atoms with Gasteiger partial charge in [-0.25, -0.2) is 9.97 Å². The molecule has 17 heavy (non-hydrogen) atoms. The third-order valence-corrected chi connectivity index (χ3v) is 2.69. The molecule has 4 nitrogen and oxygen atoms in total. The van der Waals surface area contributed by atoms with Crippen LogP contribution in [0.1, 0.15) is 11.4 Å². The fraction of sp³-hybridized carbons (Fsp3) is 0.167. The van der Waals surface area contributed by atoms with Gasteiger partial charge in [0, 0.05) is 11.4 Å². The molecule has 0 saturated heterocycles. The molecule has 1 heterocycles. The number of ether oxygens (including phenoxy) is 1. The van der Waals surface area contributed by atoms with Gasteiger partial charge in [-0.2, -0.15) is 0 Å². The van der Waals surface area contributed by atoms with E-state index in [2.05, 4.69) is 9.97 Å². The molecule has 0 aliphatic carbocycles. The average molecular weight is 250 g/mol. The first kappa shape index (κ1) is 11.7. The first-order valence-electron chi connectivity index (χ1n) is 5.08. The Bertz CT molecular complexity index is 514. The summed E-state index contributed by atoms with van der Waals surface area (Å²) in [6, 6.07) is 5.54. The molecule has 2 N–H and O–H groups in total. The van der Waals surface area contributed by atoms with Crippen molar-refractivity contribution in [2.45, 2.75) is 6.42 Å². The molecule has 88 valence electrons. The molecule has 2 aromatic rings. The fourth-order valence-corrected chi connectivity index (χ4v) is 1.66. The minimum atomic E-state index is 0.551. The molecular formula is C12H12ClN3O. The Balaban J connectivity index is 2.21. The van der Waals surface area contributed by atoms with Crippen molar-refractivity contribution in [2.24, 2.45) is 0 Å². The number of methoxy groups -OCH3 is 1. The Hall–Kier alpha value is -1.81. The number of nitrogens with two attached hydrogens (primary N) is 1. The van der Waals surface area contributed by atoms with Crippen LogP contribution in [0.25, 0.3) is 0 Å². The lowest BCUT2D eigenvalue weighted by atomic mass is 10.1. The van der Waals surface area contributed by atoms with Gasteiger partial charge >= 0.3 is 0 Å². The van der Waals surface area contributed by atoms with Crippen LogP contribution in [0.5, 0.6) is 5.75 Å². The van der Waals surface area contributed by atoms with Crippen LogP contribution in [0, 0.1) is 0 Å². The zero-order valence-electron chi connectivity index (χ0n) is 9.35. The van der Waals surface area contributed by atoms with E-state index < -0.39 is 0 Å². The number of nitrogen functional groups attached to an aromatic ring is 1. The summed E-state index contributed by atoms with van der Waals surface area (Å²) in [5.74, 6) is 1.42. The SMILES string of the molecule is COc1ccc(Cc2ncc(N)cn2)c(Cl)c1. The highest BCUT2D eigenvalue weighted by atomic mass is 35.5. The van der Waals surface area contributed by atoms with Gasteiger partial charge in [0.05, 0.1) is 25.2 Å². The maximum absolute atomic E-state index is 6.13. The molecule has 0 saturated carbocycles. The lowest BCUT2D eigenvalue weighted by molar-refractivity contribution is 0.414. The molecule has 0 atom stereocenters. The second kappa shape index (κ2) is 5.01. The van der Waals surface area contributed by atoms with Gasteiger partial charge in [0.1, 0.15) is 11.6 Å². The summed E-state index contributed by atoms with van der Waals surface area (Å²) < 4.78 is 5.08. The standard InChI is InChI=1S/C12H12ClN3O/c1-17-10-3-2-8(11(13)5-10)4-12-15-6-9(14)7-16-12/h2-3,5-7H,4,14H2,1H3. The van der Waals surface area contributed by atoms with E-state index in [-0.39, 0.29) is 0 Å². The van der Waals surface area contributed by atoms with Crippen molar-refractivity contribution in [1.82, 2.24) is 9.97 Å². The summed E-state index contributed by atoms with van der Waals surface area (Å²) in [6.07, 6.45) is 3.74. The quantitative estimate of drug-likeness (QED) is 0.907. The minimum absolute atomic E-state index is 0.551. The molecule has 0 aliphatic heterocycles. The summed E-state index contributed by atoms with van der Waals surface area (Å²) in [4.78, 5) is 8.26. The second-order valence-corrected chi connectivity index (χ2v) is 3.97. The molecule has 0 fully saturated rings. The second-order valence-electron chi connectivity index (χ2n) is 3.57. The van der Waals surface area contributed by atoms with Crippen molar-refractivity contribution in [1.29, 1.82) is 0 Å². The molecule has 0 spiro atoms. The number of nitrogens with zero attached hydrogens (tertiary/aromatic N) is 2. The summed E-state index contributed by atoms with van der Waals surface area (Å²) in [5.41, 5.74) is 7.03. The van der Waals surface area contributed by atoms with Gasteiger partial charge in [0.2, 0.25) is 0 Å². The molecule has 0 bridgehead atoms. The number of benzene rings is 1. The fourth-order valence-electron chi connectivity index (χ4n) is 1.42. The van der Waals surface area contributed by atoms with E-state index >= 15 is 0 Å². The van der Waals surface area contributed by atoms with Gasteiger partial charge in [-0.1, -0.05) is 17.7 Å². The van der Waals surface area contributed by atoms with Crippen LogP contribution in [-0.2, 0) is 6.42 Å². The number of hydrogen-bond donors (Lipinski definition) is 1. The Morgan fingerprint density at radius 3 is 2.59 bits per heavy atom. The lowest BCUT2D eigenvalue weighted by Gasteiger charge is -2.06. The van der Waals surface area contributed by atoms with Crippen molar-refractivity contribution < 1.29 is 4.74 Å². The predicted octanol–water partition coefficient (Wildman–Crippen LogP) is 2.31. The first-order chi connectivity index (χ1) is 8.19. The van der Waals surface area contributed by atoms with Crippen LogP contribution in [0.2, 0.25) is 5.02 Å². The van der Waals surface area contributed by atoms with E-state index in [0.29, 0.717) is 23.0 Å². The van der Waals surface area contributed by atoms with Gasteiger partial charge in [0.15, 0.2) is 0 Å². The maximum Gasteiger partial charge on any atom is 0.132 e. The maximum atomic E-state index is 6.13. The molecule has 0 radical (unpaired) electrons. The van der Waals surface area contributed by atoms with Gasteiger partial charge in [-0.3, -0.25) is 0 Å². The molecule has 0 aliphatic rings. The first-order valence-corrected chi connectivity index (χ1v) is 5.45. The minimum Gasteiger partial charge on any atom is -0.497 e. The summed E-state index contributed by atoms with van der Waals surface area (Å²) >= 11 is 6.13. The average Bonchev–Trinajstić information content (AvgIpc) is 2.34. The summed E-state index contributed by atoms with van der Waals surface area (Å²) in [5, 5.41) is 0.643. The third kappa shape index (κ3) is 2.85. The third-order valence-electron chi connectivity index (χ3n) is 2.33. The van der Waals surface area contributed by atoms with Gasteiger partial charge in [0.25, 0.3) is 0 Å². The van der Waals surface area contributed by atoms with Crippen LogP contribution in [0.3, 0.4) is 0 Å². The summed E-state index contributed by atoms with van der Waals surface area (Å²) in [7, 11) is 1.61. The van der Waals surface area contributed by atoms with E-state index in [9.17, 15) is 0 Å². The molecule has 0 unspecified atom stereocenters.